The lowest BCUT2D eigenvalue weighted by atomic mass is 10.4. The first kappa shape index (κ1) is 12.9. The van der Waals surface area contributed by atoms with Crippen LogP contribution in [0.5, 0.6) is 0 Å². The quantitative estimate of drug-likeness (QED) is 0.724. The molecule has 0 aromatic rings. The number of ether oxygens (including phenoxy) is 1. The van der Waals surface area contributed by atoms with Crippen LogP contribution in [0.15, 0.2) is 0 Å². The molecule has 1 heterocycles. The molecule has 6 heteroatoms. The molecule has 1 aliphatic rings. The first-order chi connectivity index (χ1) is 7.09. The van der Waals surface area contributed by atoms with Crippen molar-refractivity contribution in [2.24, 2.45) is 0 Å². The Bertz CT molecular complexity index is 271. The van der Waals surface area contributed by atoms with E-state index in [0.717, 1.165) is 19.5 Å². The van der Waals surface area contributed by atoms with Gasteiger partial charge in [-0.25, -0.2) is 12.7 Å². The first-order valence-corrected chi connectivity index (χ1v) is 6.78. The van der Waals surface area contributed by atoms with Gasteiger partial charge in [-0.3, -0.25) is 0 Å². The maximum atomic E-state index is 12.0. The van der Waals surface area contributed by atoms with Gasteiger partial charge in [-0.05, 0) is 19.9 Å². The van der Waals surface area contributed by atoms with Crippen LogP contribution in [0.4, 0.5) is 0 Å². The second-order valence-corrected chi connectivity index (χ2v) is 6.16. The highest BCUT2D eigenvalue weighted by Gasteiger charge is 2.28. The Kier molecular flexibility index (Phi) is 4.98. The number of hydrogen-bond donors (Lipinski definition) is 1. The zero-order valence-corrected chi connectivity index (χ0v) is 10.2. The van der Waals surface area contributed by atoms with E-state index in [-0.39, 0.29) is 6.61 Å². The van der Waals surface area contributed by atoms with Gasteiger partial charge in [-0.2, -0.15) is 0 Å². The fourth-order valence-corrected chi connectivity index (χ4v) is 3.20. The first-order valence-electron chi connectivity index (χ1n) is 5.27. The molecule has 0 aromatic carbocycles. The van der Waals surface area contributed by atoms with Crippen LogP contribution >= 0.6 is 0 Å². The summed E-state index contributed by atoms with van der Waals surface area (Å²) in [6.07, 6.45) is 0.874. The summed E-state index contributed by atoms with van der Waals surface area (Å²) in [5.74, 6) is 0. The van der Waals surface area contributed by atoms with Crippen molar-refractivity contribution >= 4 is 10.0 Å². The van der Waals surface area contributed by atoms with Crippen LogP contribution in [-0.4, -0.2) is 57.9 Å². The molecule has 0 aliphatic carbocycles. The van der Waals surface area contributed by atoms with Crippen LogP contribution in [0.1, 0.15) is 13.3 Å². The highest BCUT2D eigenvalue weighted by atomic mass is 32.2. The number of methoxy groups -OCH3 is 1. The summed E-state index contributed by atoms with van der Waals surface area (Å²) in [4.78, 5) is 0. The van der Waals surface area contributed by atoms with Crippen LogP contribution in [0.2, 0.25) is 0 Å². The summed E-state index contributed by atoms with van der Waals surface area (Å²) in [5.41, 5.74) is 0. The number of hydrogen-bond acceptors (Lipinski definition) is 4. The van der Waals surface area contributed by atoms with Gasteiger partial charge in [-0.1, -0.05) is 0 Å². The van der Waals surface area contributed by atoms with Gasteiger partial charge in [0.25, 0.3) is 0 Å². The predicted molar refractivity (Wildman–Crippen MR) is 59.3 cm³/mol. The lowest BCUT2D eigenvalue weighted by Gasteiger charge is -2.23. The minimum Gasteiger partial charge on any atom is -0.383 e. The zero-order valence-electron chi connectivity index (χ0n) is 9.40. The molecule has 0 amide bonds. The molecule has 1 saturated heterocycles. The van der Waals surface area contributed by atoms with Crippen molar-refractivity contribution in [2.75, 3.05) is 39.9 Å². The monoisotopic (exact) mass is 236 g/mol. The van der Waals surface area contributed by atoms with Crippen molar-refractivity contribution in [1.82, 2.24) is 9.62 Å². The van der Waals surface area contributed by atoms with Crippen molar-refractivity contribution in [3.05, 3.63) is 0 Å². The number of rotatable bonds is 4. The van der Waals surface area contributed by atoms with Crippen molar-refractivity contribution in [3.8, 4) is 0 Å². The Balaban J connectivity index is 2.66. The van der Waals surface area contributed by atoms with Crippen molar-refractivity contribution in [2.45, 2.75) is 18.6 Å². The SMILES string of the molecule is COC[C@@H](C)S(=O)(=O)N1CCCNCC1. The van der Waals surface area contributed by atoms with Crippen LogP contribution in [-0.2, 0) is 14.8 Å². The molecule has 90 valence electrons. The normalized spacial score (nSPS) is 22.3. The van der Waals surface area contributed by atoms with Crippen LogP contribution < -0.4 is 5.32 Å². The van der Waals surface area contributed by atoms with Gasteiger partial charge < -0.3 is 10.1 Å². The molecule has 0 aromatic heterocycles. The molecule has 1 aliphatic heterocycles. The number of sulfonamides is 1. The summed E-state index contributed by atoms with van der Waals surface area (Å²) >= 11 is 0. The van der Waals surface area contributed by atoms with E-state index in [0.29, 0.717) is 13.1 Å². The maximum absolute atomic E-state index is 12.0. The summed E-state index contributed by atoms with van der Waals surface area (Å²) in [5, 5.41) is 2.73. The Labute approximate surface area is 91.8 Å². The van der Waals surface area contributed by atoms with E-state index in [1.165, 1.54) is 7.11 Å². The third-order valence-corrected chi connectivity index (χ3v) is 4.81. The Hall–Kier alpha value is -0.170. The standard InChI is InChI=1S/C9H20N2O3S/c1-9(8-14-2)15(12,13)11-6-3-4-10-5-7-11/h9-10H,3-8H2,1-2H3/t9-/m1/s1. The van der Waals surface area contributed by atoms with Crippen molar-refractivity contribution in [1.29, 1.82) is 0 Å². The van der Waals surface area contributed by atoms with E-state index >= 15 is 0 Å². The van der Waals surface area contributed by atoms with Gasteiger partial charge in [0.2, 0.25) is 10.0 Å². The molecule has 0 radical (unpaired) electrons. The summed E-state index contributed by atoms with van der Waals surface area (Å²) in [6.45, 7) is 4.76. The van der Waals surface area contributed by atoms with Gasteiger partial charge in [0.15, 0.2) is 0 Å². The Morgan fingerprint density at radius 3 is 2.80 bits per heavy atom. The number of nitrogens with one attached hydrogen (secondary N) is 1. The predicted octanol–water partition coefficient (Wildman–Crippen LogP) is -0.354. The van der Waals surface area contributed by atoms with E-state index in [1.807, 2.05) is 0 Å². The fraction of sp³-hybridized carbons (Fsp3) is 1.00. The summed E-state index contributed by atoms with van der Waals surface area (Å²) < 4.78 is 30.5. The van der Waals surface area contributed by atoms with Gasteiger partial charge in [0.1, 0.15) is 0 Å². The largest absolute Gasteiger partial charge is 0.383 e. The maximum Gasteiger partial charge on any atom is 0.219 e. The minimum atomic E-state index is -3.18. The fourth-order valence-electron chi connectivity index (χ4n) is 1.65. The lowest BCUT2D eigenvalue weighted by Crippen LogP contribution is -2.41. The third kappa shape index (κ3) is 3.41. The molecular weight excluding hydrogens is 216 g/mol. The van der Waals surface area contributed by atoms with Gasteiger partial charge in [0, 0.05) is 26.7 Å². The van der Waals surface area contributed by atoms with E-state index in [1.54, 1.807) is 11.2 Å². The number of nitrogens with zero attached hydrogens (tertiary/aromatic N) is 1. The van der Waals surface area contributed by atoms with Crippen molar-refractivity contribution in [3.63, 3.8) is 0 Å². The van der Waals surface area contributed by atoms with E-state index in [4.69, 9.17) is 4.74 Å². The average molecular weight is 236 g/mol. The molecule has 1 N–H and O–H groups in total. The molecule has 0 saturated carbocycles. The average Bonchev–Trinajstić information content (AvgIpc) is 2.46. The Morgan fingerprint density at radius 2 is 2.13 bits per heavy atom. The molecule has 0 spiro atoms. The van der Waals surface area contributed by atoms with E-state index in [9.17, 15) is 8.42 Å². The van der Waals surface area contributed by atoms with Gasteiger partial charge in [-0.15, -0.1) is 0 Å². The molecule has 0 unspecified atom stereocenters. The smallest absolute Gasteiger partial charge is 0.219 e. The van der Waals surface area contributed by atoms with Gasteiger partial charge in [0.05, 0.1) is 11.9 Å². The molecule has 15 heavy (non-hydrogen) atoms. The summed E-state index contributed by atoms with van der Waals surface area (Å²) in [6, 6.07) is 0. The molecule has 5 nitrogen and oxygen atoms in total. The molecule has 1 fully saturated rings. The molecule has 1 atom stereocenters. The van der Waals surface area contributed by atoms with Crippen LogP contribution in [0.25, 0.3) is 0 Å². The molecular formula is C9H20N2O3S. The van der Waals surface area contributed by atoms with Gasteiger partial charge >= 0.3 is 0 Å². The minimum absolute atomic E-state index is 0.256. The molecule has 0 bridgehead atoms. The van der Waals surface area contributed by atoms with Crippen LogP contribution in [0, 0.1) is 0 Å². The highest BCUT2D eigenvalue weighted by Crippen LogP contribution is 2.10. The lowest BCUT2D eigenvalue weighted by molar-refractivity contribution is 0.198. The topological polar surface area (TPSA) is 58.6 Å². The zero-order chi connectivity index (χ0) is 11.3. The van der Waals surface area contributed by atoms with E-state index < -0.39 is 15.3 Å². The molecule has 1 rings (SSSR count). The van der Waals surface area contributed by atoms with Crippen molar-refractivity contribution < 1.29 is 13.2 Å². The van der Waals surface area contributed by atoms with E-state index in [2.05, 4.69) is 5.32 Å². The third-order valence-electron chi connectivity index (χ3n) is 2.57. The second-order valence-electron chi connectivity index (χ2n) is 3.81. The Morgan fingerprint density at radius 1 is 1.40 bits per heavy atom. The summed E-state index contributed by atoms with van der Waals surface area (Å²) in [7, 11) is -1.66. The highest BCUT2D eigenvalue weighted by molar-refractivity contribution is 7.89. The van der Waals surface area contributed by atoms with Crippen LogP contribution in [0.3, 0.4) is 0 Å². The second kappa shape index (κ2) is 5.79.